The normalized spacial score (nSPS) is 12.3. The lowest BCUT2D eigenvalue weighted by Gasteiger charge is -2.20. The third-order valence-corrected chi connectivity index (χ3v) is 1.96. The van der Waals surface area contributed by atoms with E-state index in [0.29, 0.717) is 11.7 Å². The number of hydrogen-bond acceptors (Lipinski definition) is 5. The first-order chi connectivity index (χ1) is 7.02. The average Bonchev–Trinajstić information content (AvgIpc) is 2.15. The van der Waals surface area contributed by atoms with E-state index in [2.05, 4.69) is 9.97 Å². The van der Waals surface area contributed by atoms with Crippen molar-refractivity contribution in [3.63, 3.8) is 0 Å². The Morgan fingerprint density at radius 1 is 1.53 bits per heavy atom. The van der Waals surface area contributed by atoms with Crippen LogP contribution in [0.25, 0.3) is 0 Å². The van der Waals surface area contributed by atoms with Gasteiger partial charge < -0.3 is 15.4 Å². The summed E-state index contributed by atoms with van der Waals surface area (Å²) in [7, 11) is 3.54. The lowest BCUT2D eigenvalue weighted by molar-refractivity contribution is 0.395. The van der Waals surface area contributed by atoms with Gasteiger partial charge in [-0.2, -0.15) is 4.98 Å². The minimum Gasteiger partial charge on any atom is -0.481 e. The highest BCUT2D eigenvalue weighted by atomic mass is 16.5. The molecule has 0 aliphatic carbocycles. The van der Waals surface area contributed by atoms with Crippen LogP contribution in [0, 0.1) is 6.92 Å². The molecule has 0 saturated heterocycles. The lowest BCUT2D eigenvalue weighted by atomic mass is 10.3. The van der Waals surface area contributed by atoms with Gasteiger partial charge in [0.1, 0.15) is 11.6 Å². The first kappa shape index (κ1) is 11.7. The van der Waals surface area contributed by atoms with Gasteiger partial charge >= 0.3 is 0 Å². The fraction of sp³-hybridized carbons (Fsp3) is 0.600. The van der Waals surface area contributed by atoms with Gasteiger partial charge in [0, 0.05) is 25.7 Å². The van der Waals surface area contributed by atoms with Crippen molar-refractivity contribution < 1.29 is 4.74 Å². The van der Waals surface area contributed by atoms with Crippen LogP contribution < -0.4 is 15.4 Å². The maximum Gasteiger partial charge on any atom is 0.218 e. The summed E-state index contributed by atoms with van der Waals surface area (Å²) in [5.41, 5.74) is 5.72. The second-order valence-corrected chi connectivity index (χ2v) is 3.67. The van der Waals surface area contributed by atoms with Crippen molar-refractivity contribution in [2.45, 2.75) is 19.9 Å². The van der Waals surface area contributed by atoms with Crippen LogP contribution in [0.15, 0.2) is 6.07 Å². The van der Waals surface area contributed by atoms with Gasteiger partial charge in [0.05, 0.1) is 7.11 Å². The molecule has 1 unspecified atom stereocenters. The predicted octanol–water partition coefficient (Wildman–Crippen LogP) is 0.577. The number of aromatic nitrogens is 2. The molecule has 0 aromatic carbocycles. The molecule has 1 atom stereocenters. The number of nitrogens with two attached hydrogens (primary N) is 1. The molecule has 0 spiro atoms. The molecule has 0 aliphatic rings. The SMILES string of the molecule is COc1cc(N(C)CC(C)N)nc(C)n1. The Morgan fingerprint density at radius 2 is 2.20 bits per heavy atom. The molecule has 1 aromatic rings. The van der Waals surface area contributed by atoms with Gasteiger partial charge in [-0.25, -0.2) is 4.98 Å². The molecule has 5 nitrogen and oxygen atoms in total. The number of aryl methyl sites for hydroxylation is 1. The highest BCUT2D eigenvalue weighted by Crippen LogP contribution is 2.15. The third kappa shape index (κ3) is 3.36. The summed E-state index contributed by atoms with van der Waals surface area (Å²) < 4.78 is 5.08. The van der Waals surface area contributed by atoms with E-state index in [1.807, 2.05) is 25.8 Å². The van der Waals surface area contributed by atoms with E-state index in [-0.39, 0.29) is 6.04 Å². The second-order valence-electron chi connectivity index (χ2n) is 3.67. The zero-order chi connectivity index (χ0) is 11.4. The first-order valence-electron chi connectivity index (χ1n) is 4.89. The standard InChI is InChI=1S/C10H18N4O/c1-7(11)6-14(3)9-5-10(15-4)13-8(2)12-9/h5,7H,6,11H2,1-4H3. The summed E-state index contributed by atoms with van der Waals surface area (Å²) in [6.45, 7) is 4.55. The minimum absolute atomic E-state index is 0.108. The Hall–Kier alpha value is -1.36. The number of rotatable bonds is 4. The summed E-state index contributed by atoms with van der Waals surface area (Å²) in [4.78, 5) is 10.4. The molecular formula is C10H18N4O. The topological polar surface area (TPSA) is 64.3 Å². The van der Waals surface area contributed by atoms with Crippen molar-refractivity contribution in [1.29, 1.82) is 0 Å². The van der Waals surface area contributed by atoms with Gasteiger partial charge in [0.2, 0.25) is 5.88 Å². The minimum atomic E-state index is 0.108. The van der Waals surface area contributed by atoms with Crippen LogP contribution >= 0.6 is 0 Å². The molecule has 15 heavy (non-hydrogen) atoms. The fourth-order valence-corrected chi connectivity index (χ4v) is 1.35. The Labute approximate surface area is 90.3 Å². The van der Waals surface area contributed by atoms with Crippen molar-refractivity contribution in [2.24, 2.45) is 5.73 Å². The van der Waals surface area contributed by atoms with Gasteiger partial charge in [0.15, 0.2) is 0 Å². The molecule has 1 aromatic heterocycles. The van der Waals surface area contributed by atoms with Crippen molar-refractivity contribution in [3.05, 3.63) is 11.9 Å². The van der Waals surface area contributed by atoms with E-state index in [4.69, 9.17) is 10.5 Å². The molecule has 1 rings (SSSR count). The van der Waals surface area contributed by atoms with Crippen LogP contribution in [0.1, 0.15) is 12.7 Å². The van der Waals surface area contributed by atoms with Crippen molar-refractivity contribution in [3.8, 4) is 5.88 Å². The molecule has 84 valence electrons. The van der Waals surface area contributed by atoms with E-state index >= 15 is 0 Å². The van der Waals surface area contributed by atoms with Crippen molar-refractivity contribution in [1.82, 2.24) is 9.97 Å². The number of hydrogen-bond donors (Lipinski definition) is 1. The Balaban J connectivity index is 2.88. The van der Waals surface area contributed by atoms with Crippen LogP contribution in [0.5, 0.6) is 5.88 Å². The number of anilines is 1. The number of likely N-dealkylation sites (N-methyl/N-ethyl adjacent to an activating group) is 1. The monoisotopic (exact) mass is 210 g/mol. The van der Waals surface area contributed by atoms with E-state index in [0.717, 1.165) is 12.4 Å². The Morgan fingerprint density at radius 3 is 2.73 bits per heavy atom. The molecule has 0 saturated carbocycles. The second kappa shape index (κ2) is 4.93. The number of ether oxygens (including phenoxy) is 1. The molecule has 0 radical (unpaired) electrons. The number of methoxy groups -OCH3 is 1. The van der Waals surface area contributed by atoms with Crippen LogP contribution in [-0.2, 0) is 0 Å². The smallest absolute Gasteiger partial charge is 0.218 e. The van der Waals surface area contributed by atoms with Crippen molar-refractivity contribution in [2.75, 3.05) is 25.6 Å². The van der Waals surface area contributed by atoms with Gasteiger partial charge in [-0.3, -0.25) is 0 Å². The molecule has 0 fully saturated rings. The average molecular weight is 210 g/mol. The van der Waals surface area contributed by atoms with Crippen LogP contribution in [-0.4, -0.2) is 36.7 Å². The summed E-state index contributed by atoms with van der Waals surface area (Å²) in [6, 6.07) is 1.91. The number of nitrogens with zero attached hydrogens (tertiary/aromatic N) is 3. The first-order valence-corrected chi connectivity index (χ1v) is 4.89. The maximum atomic E-state index is 5.72. The summed E-state index contributed by atoms with van der Waals surface area (Å²) in [6.07, 6.45) is 0. The van der Waals surface area contributed by atoms with Gasteiger partial charge in [0.25, 0.3) is 0 Å². The Kier molecular flexibility index (Phi) is 3.85. The molecule has 0 amide bonds. The summed E-state index contributed by atoms with van der Waals surface area (Å²) >= 11 is 0. The highest BCUT2D eigenvalue weighted by molar-refractivity contribution is 5.41. The van der Waals surface area contributed by atoms with Crippen LogP contribution in [0.3, 0.4) is 0 Å². The molecule has 0 aliphatic heterocycles. The molecular weight excluding hydrogens is 192 g/mol. The van der Waals surface area contributed by atoms with Crippen LogP contribution in [0.4, 0.5) is 5.82 Å². The Bertz CT molecular complexity index is 327. The van der Waals surface area contributed by atoms with E-state index < -0.39 is 0 Å². The summed E-state index contributed by atoms with van der Waals surface area (Å²) in [5, 5.41) is 0. The molecule has 2 N–H and O–H groups in total. The van der Waals surface area contributed by atoms with Gasteiger partial charge in [-0.05, 0) is 13.8 Å². The van der Waals surface area contributed by atoms with Gasteiger partial charge in [-0.15, -0.1) is 0 Å². The third-order valence-electron chi connectivity index (χ3n) is 1.96. The van der Waals surface area contributed by atoms with E-state index in [1.165, 1.54) is 0 Å². The molecule has 0 bridgehead atoms. The van der Waals surface area contributed by atoms with Gasteiger partial charge in [-0.1, -0.05) is 0 Å². The van der Waals surface area contributed by atoms with Crippen molar-refractivity contribution >= 4 is 5.82 Å². The summed E-state index contributed by atoms with van der Waals surface area (Å²) in [5.74, 6) is 2.10. The van der Waals surface area contributed by atoms with E-state index in [9.17, 15) is 0 Å². The zero-order valence-corrected chi connectivity index (χ0v) is 9.69. The molecule has 1 heterocycles. The largest absolute Gasteiger partial charge is 0.481 e. The van der Waals surface area contributed by atoms with E-state index in [1.54, 1.807) is 13.2 Å². The maximum absolute atomic E-state index is 5.72. The molecule has 5 heteroatoms. The predicted molar refractivity (Wildman–Crippen MR) is 60.2 cm³/mol. The highest BCUT2D eigenvalue weighted by Gasteiger charge is 2.08. The zero-order valence-electron chi connectivity index (χ0n) is 9.69. The van der Waals surface area contributed by atoms with Crippen LogP contribution in [0.2, 0.25) is 0 Å². The lowest BCUT2D eigenvalue weighted by Crippen LogP contribution is -2.33. The fourth-order valence-electron chi connectivity index (χ4n) is 1.35. The quantitative estimate of drug-likeness (QED) is 0.787.